The van der Waals surface area contributed by atoms with Crippen molar-refractivity contribution in [2.75, 3.05) is 26.4 Å². The van der Waals surface area contributed by atoms with Crippen LogP contribution < -0.4 is 9.47 Å². The first-order valence-electron chi connectivity index (χ1n) is 18.1. The molecule has 9 rings (SSSR count). The predicted octanol–water partition coefficient (Wildman–Crippen LogP) is 10.4. The molecular formula is C49H38O4. The van der Waals surface area contributed by atoms with Crippen LogP contribution in [0.4, 0.5) is 0 Å². The fraction of sp³-hybridized carbons (Fsp3) is 0.102. The third kappa shape index (κ3) is 5.73. The number of aliphatic hydroxyl groups excluding tert-OH is 2. The van der Waals surface area contributed by atoms with E-state index in [1.165, 1.54) is 55.6 Å². The highest BCUT2D eigenvalue weighted by atomic mass is 16.5. The monoisotopic (exact) mass is 690 g/mol. The fourth-order valence-electron chi connectivity index (χ4n) is 8.16. The van der Waals surface area contributed by atoms with Gasteiger partial charge in [-0.3, -0.25) is 0 Å². The molecule has 8 aromatic rings. The van der Waals surface area contributed by atoms with Gasteiger partial charge in [-0.2, -0.15) is 0 Å². The molecule has 8 aromatic carbocycles. The predicted molar refractivity (Wildman–Crippen MR) is 215 cm³/mol. The molecule has 0 saturated carbocycles. The smallest absolute Gasteiger partial charge is 0.120 e. The Labute approximate surface area is 309 Å². The summed E-state index contributed by atoms with van der Waals surface area (Å²) in [6, 6.07) is 61.0. The number of benzene rings is 8. The van der Waals surface area contributed by atoms with Crippen molar-refractivity contribution >= 4 is 21.5 Å². The standard InChI is InChI=1S/C49H38O4/c50-23-25-52-43-19-13-35-27-41(17-11-37(35)29-43)49(42-18-12-38-30-44(53-26-24-51)20-14-36(38)28-42)47-21-15-39(33-7-3-1-4-8-33)31-45(47)46-32-40(16-22-48(46)49)34-9-5-2-6-10-34/h1-22,27-32,50-51H,23-26H2. The molecule has 0 fully saturated rings. The summed E-state index contributed by atoms with van der Waals surface area (Å²) in [5.74, 6) is 1.48. The zero-order valence-corrected chi connectivity index (χ0v) is 29.2. The number of hydrogen-bond acceptors (Lipinski definition) is 4. The number of hydrogen-bond donors (Lipinski definition) is 2. The molecule has 4 nitrogen and oxygen atoms in total. The Morgan fingerprint density at radius 1 is 0.377 bits per heavy atom. The van der Waals surface area contributed by atoms with Gasteiger partial charge in [-0.15, -0.1) is 0 Å². The van der Waals surface area contributed by atoms with Crippen LogP contribution in [0.3, 0.4) is 0 Å². The van der Waals surface area contributed by atoms with Gasteiger partial charge in [0.25, 0.3) is 0 Å². The molecule has 0 bridgehead atoms. The van der Waals surface area contributed by atoms with Gasteiger partial charge >= 0.3 is 0 Å². The highest BCUT2D eigenvalue weighted by Crippen LogP contribution is 2.58. The summed E-state index contributed by atoms with van der Waals surface area (Å²) in [5.41, 5.74) is 11.4. The second-order valence-electron chi connectivity index (χ2n) is 13.6. The Morgan fingerprint density at radius 3 is 1.23 bits per heavy atom. The van der Waals surface area contributed by atoms with Crippen LogP contribution in [0.15, 0.2) is 170 Å². The molecule has 0 aromatic heterocycles. The van der Waals surface area contributed by atoms with Crippen LogP contribution in [0, 0.1) is 0 Å². The van der Waals surface area contributed by atoms with Gasteiger partial charge in [0.15, 0.2) is 0 Å². The zero-order valence-electron chi connectivity index (χ0n) is 29.2. The average molecular weight is 691 g/mol. The molecule has 0 saturated heterocycles. The second kappa shape index (κ2) is 13.7. The quantitative estimate of drug-likeness (QED) is 0.150. The summed E-state index contributed by atoms with van der Waals surface area (Å²) in [6.07, 6.45) is 0. The molecule has 1 aliphatic rings. The fourth-order valence-corrected chi connectivity index (χ4v) is 8.16. The number of aliphatic hydroxyl groups is 2. The topological polar surface area (TPSA) is 58.9 Å². The van der Waals surface area contributed by atoms with Crippen molar-refractivity contribution in [2.45, 2.75) is 5.41 Å². The highest BCUT2D eigenvalue weighted by Gasteiger charge is 2.46. The van der Waals surface area contributed by atoms with Crippen molar-refractivity contribution in [3.8, 4) is 44.9 Å². The summed E-state index contributed by atoms with van der Waals surface area (Å²) in [4.78, 5) is 0. The Kier molecular flexibility index (Phi) is 8.47. The van der Waals surface area contributed by atoms with Crippen LogP contribution in [-0.4, -0.2) is 36.6 Å². The number of ether oxygens (including phenoxy) is 2. The first-order valence-corrected chi connectivity index (χ1v) is 18.1. The van der Waals surface area contributed by atoms with Gasteiger partial charge < -0.3 is 19.7 Å². The Hall–Kier alpha value is -6.20. The Balaban J connectivity index is 1.32. The van der Waals surface area contributed by atoms with Gasteiger partial charge in [0.2, 0.25) is 0 Å². The van der Waals surface area contributed by atoms with Crippen molar-refractivity contribution in [2.24, 2.45) is 0 Å². The van der Waals surface area contributed by atoms with Crippen LogP contribution in [0.2, 0.25) is 0 Å². The van der Waals surface area contributed by atoms with Crippen molar-refractivity contribution < 1.29 is 19.7 Å². The molecule has 2 N–H and O–H groups in total. The van der Waals surface area contributed by atoms with E-state index in [2.05, 4.69) is 146 Å². The SMILES string of the molecule is OCCOc1ccc2cc(C3(c4ccc5cc(OCCO)ccc5c4)c4ccc(-c5ccccc5)cc4-c4cc(-c5ccccc5)ccc43)ccc2c1. The Morgan fingerprint density at radius 2 is 0.792 bits per heavy atom. The van der Waals surface area contributed by atoms with Crippen molar-refractivity contribution in [1.82, 2.24) is 0 Å². The summed E-state index contributed by atoms with van der Waals surface area (Å²) in [5, 5.41) is 23.0. The van der Waals surface area contributed by atoms with E-state index in [0.29, 0.717) is 0 Å². The van der Waals surface area contributed by atoms with E-state index >= 15 is 0 Å². The van der Waals surface area contributed by atoms with Crippen LogP contribution in [0.1, 0.15) is 22.3 Å². The first-order chi connectivity index (χ1) is 26.1. The van der Waals surface area contributed by atoms with E-state index in [1.807, 2.05) is 24.3 Å². The maximum atomic E-state index is 9.33. The minimum absolute atomic E-state index is 0.0287. The number of rotatable bonds is 10. The van der Waals surface area contributed by atoms with E-state index in [0.717, 1.165) is 33.0 Å². The molecule has 4 heteroatoms. The zero-order chi connectivity index (χ0) is 35.8. The van der Waals surface area contributed by atoms with Crippen LogP contribution in [-0.2, 0) is 5.41 Å². The molecule has 0 unspecified atom stereocenters. The lowest BCUT2D eigenvalue weighted by Gasteiger charge is -2.34. The van der Waals surface area contributed by atoms with Gasteiger partial charge in [-0.05, 0) is 126 Å². The normalized spacial score (nSPS) is 12.8. The second-order valence-corrected chi connectivity index (χ2v) is 13.6. The van der Waals surface area contributed by atoms with E-state index in [4.69, 9.17) is 9.47 Å². The van der Waals surface area contributed by atoms with Crippen molar-refractivity contribution in [3.63, 3.8) is 0 Å². The summed E-state index contributed by atoms with van der Waals surface area (Å²) in [6.45, 7) is 0.457. The lowest BCUT2D eigenvalue weighted by Crippen LogP contribution is -2.28. The van der Waals surface area contributed by atoms with Crippen LogP contribution in [0.25, 0.3) is 54.9 Å². The lowest BCUT2D eigenvalue weighted by molar-refractivity contribution is 0.201. The summed E-state index contributed by atoms with van der Waals surface area (Å²) >= 11 is 0. The molecule has 0 spiro atoms. The van der Waals surface area contributed by atoms with Crippen LogP contribution in [0.5, 0.6) is 11.5 Å². The largest absolute Gasteiger partial charge is 0.491 e. The molecule has 0 aliphatic heterocycles. The van der Waals surface area contributed by atoms with Gasteiger partial charge in [-0.1, -0.05) is 121 Å². The minimum Gasteiger partial charge on any atom is -0.491 e. The molecule has 53 heavy (non-hydrogen) atoms. The molecular weight excluding hydrogens is 653 g/mol. The van der Waals surface area contributed by atoms with E-state index < -0.39 is 5.41 Å². The molecule has 0 heterocycles. The number of fused-ring (bicyclic) bond motifs is 5. The van der Waals surface area contributed by atoms with E-state index in [-0.39, 0.29) is 26.4 Å². The van der Waals surface area contributed by atoms with Crippen molar-refractivity contribution in [1.29, 1.82) is 0 Å². The highest BCUT2D eigenvalue weighted by molar-refractivity contribution is 5.94. The average Bonchev–Trinajstić information content (AvgIpc) is 3.52. The van der Waals surface area contributed by atoms with Crippen LogP contribution >= 0.6 is 0 Å². The Bertz CT molecular complexity index is 2410. The maximum absolute atomic E-state index is 9.33. The first kappa shape index (κ1) is 32.7. The summed E-state index contributed by atoms with van der Waals surface area (Å²) in [7, 11) is 0. The van der Waals surface area contributed by atoms with Gasteiger partial charge in [0, 0.05) is 0 Å². The van der Waals surface area contributed by atoms with Gasteiger partial charge in [0.1, 0.15) is 24.7 Å². The van der Waals surface area contributed by atoms with Gasteiger partial charge in [0.05, 0.1) is 18.6 Å². The summed E-state index contributed by atoms with van der Waals surface area (Å²) < 4.78 is 11.5. The lowest BCUT2D eigenvalue weighted by atomic mass is 9.67. The molecule has 0 amide bonds. The van der Waals surface area contributed by atoms with Crippen molar-refractivity contribution in [3.05, 3.63) is 192 Å². The maximum Gasteiger partial charge on any atom is 0.120 e. The van der Waals surface area contributed by atoms with E-state index in [1.54, 1.807) is 0 Å². The minimum atomic E-state index is -0.629. The molecule has 258 valence electrons. The molecule has 0 radical (unpaired) electrons. The molecule has 1 aliphatic carbocycles. The van der Waals surface area contributed by atoms with E-state index in [9.17, 15) is 10.2 Å². The third-order valence-corrected chi connectivity index (χ3v) is 10.6. The molecule has 0 atom stereocenters. The third-order valence-electron chi connectivity index (χ3n) is 10.6. The van der Waals surface area contributed by atoms with Gasteiger partial charge in [-0.25, -0.2) is 0 Å².